The van der Waals surface area contributed by atoms with Gasteiger partial charge in [0.2, 0.25) is 0 Å². The Labute approximate surface area is 81.4 Å². The molecule has 0 saturated carbocycles. The third kappa shape index (κ3) is 8.22. The van der Waals surface area contributed by atoms with Crippen LogP contribution < -0.4 is 0 Å². The van der Waals surface area contributed by atoms with Gasteiger partial charge in [0, 0.05) is 26.7 Å². The maximum Gasteiger partial charge on any atom is 0.159 e. The second-order valence-corrected chi connectivity index (χ2v) is 2.95. The van der Waals surface area contributed by atoms with Gasteiger partial charge in [-0.1, -0.05) is 13.8 Å². The Morgan fingerprint density at radius 1 is 0.923 bits per heavy atom. The van der Waals surface area contributed by atoms with Gasteiger partial charge in [0.1, 0.15) is 0 Å². The van der Waals surface area contributed by atoms with Crippen molar-refractivity contribution in [1.82, 2.24) is 0 Å². The van der Waals surface area contributed by atoms with Crippen LogP contribution in [0, 0.1) is 0 Å². The number of hydrogen-bond acceptors (Lipinski definition) is 3. The zero-order valence-electron chi connectivity index (χ0n) is 9.04. The quantitative estimate of drug-likeness (QED) is 0.522. The highest BCUT2D eigenvalue weighted by atomic mass is 16.7. The molecule has 0 aromatic rings. The van der Waals surface area contributed by atoms with Gasteiger partial charge in [-0.2, -0.15) is 0 Å². The van der Waals surface area contributed by atoms with Gasteiger partial charge in [0.05, 0.1) is 6.61 Å². The molecule has 0 fully saturated rings. The van der Waals surface area contributed by atoms with Gasteiger partial charge in [0.15, 0.2) is 6.29 Å². The molecule has 0 aliphatic rings. The summed E-state index contributed by atoms with van der Waals surface area (Å²) >= 11 is 0. The summed E-state index contributed by atoms with van der Waals surface area (Å²) in [5, 5.41) is 0. The second-order valence-electron chi connectivity index (χ2n) is 2.95. The Morgan fingerprint density at radius 2 is 1.46 bits per heavy atom. The van der Waals surface area contributed by atoms with Crippen LogP contribution in [0.3, 0.4) is 0 Å². The van der Waals surface area contributed by atoms with Gasteiger partial charge < -0.3 is 14.2 Å². The van der Waals surface area contributed by atoms with E-state index in [9.17, 15) is 0 Å². The number of methoxy groups -OCH3 is 1. The molecule has 0 aliphatic heterocycles. The van der Waals surface area contributed by atoms with E-state index < -0.39 is 0 Å². The van der Waals surface area contributed by atoms with Crippen molar-refractivity contribution in [2.45, 2.75) is 39.4 Å². The minimum absolute atomic E-state index is 0.0835. The highest BCUT2D eigenvalue weighted by Crippen LogP contribution is 2.02. The van der Waals surface area contributed by atoms with Gasteiger partial charge >= 0.3 is 0 Å². The lowest BCUT2D eigenvalue weighted by Crippen LogP contribution is -2.20. The van der Waals surface area contributed by atoms with E-state index in [4.69, 9.17) is 14.2 Å². The Hall–Kier alpha value is -0.120. The molecule has 13 heavy (non-hydrogen) atoms. The van der Waals surface area contributed by atoms with Gasteiger partial charge in [-0.25, -0.2) is 0 Å². The fraction of sp³-hybridized carbons (Fsp3) is 1.00. The van der Waals surface area contributed by atoms with Gasteiger partial charge in [-0.15, -0.1) is 0 Å². The molecule has 0 rings (SSSR count). The first-order valence-corrected chi connectivity index (χ1v) is 5.07. The van der Waals surface area contributed by atoms with Crippen LogP contribution in [0.15, 0.2) is 0 Å². The van der Waals surface area contributed by atoms with Crippen LogP contribution in [-0.2, 0) is 14.2 Å². The van der Waals surface area contributed by atoms with E-state index in [1.54, 1.807) is 7.11 Å². The summed E-state index contributed by atoms with van der Waals surface area (Å²) in [6, 6.07) is 0. The molecule has 0 amide bonds. The highest BCUT2D eigenvalue weighted by Gasteiger charge is 2.07. The maximum atomic E-state index is 5.49. The lowest BCUT2D eigenvalue weighted by atomic mass is 10.4. The van der Waals surface area contributed by atoms with Crippen molar-refractivity contribution in [3.63, 3.8) is 0 Å². The van der Waals surface area contributed by atoms with Crippen LogP contribution in [0.25, 0.3) is 0 Å². The Bertz CT molecular complexity index is 77.2. The molecule has 0 atom stereocenters. The summed E-state index contributed by atoms with van der Waals surface area (Å²) in [5.74, 6) is 0. The summed E-state index contributed by atoms with van der Waals surface area (Å²) in [4.78, 5) is 0. The topological polar surface area (TPSA) is 27.7 Å². The molecule has 0 aromatic carbocycles. The van der Waals surface area contributed by atoms with Crippen molar-refractivity contribution in [2.75, 3.05) is 26.9 Å². The number of hydrogen-bond donors (Lipinski definition) is 0. The highest BCUT2D eigenvalue weighted by molar-refractivity contribution is 4.44. The standard InChI is InChI=1S/C10H22O3/c1-4-7-12-10(6-9-11-3)13-8-5-2/h10H,4-9H2,1-3H3. The SMILES string of the molecule is CCCOC(CCOC)OCCC. The monoisotopic (exact) mass is 190 g/mol. The molecule has 0 aromatic heterocycles. The van der Waals surface area contributed by atoms with E-state index in [1.807, 2.05) is 0 Å². The summed E-state index contributed by atoms with van der Waals surface area (Å²) in [5.41, 5.74) is 0. The molecule has 0 saturated heterocycles. The van der Waals surface area contributed by atoms with E-state index >= 15 is 0 Å². The fourth-order valence-electron chi connectivity index (χ4n) is 0.927. The summed E-state index contributed by atoms with van der Waals surface area (Å²) in [6.45, 7) is 6.40. The molecule has 3 heteroatoms. The van der Waals surface area contributed by atoms with Gasteiger partial charge in [-0.3, -0.25) is 0 Å². The van der Waals surface area contributed by atoms with Gasteiger partial charge in [0.25, 0.3) is 0 Å². The molecule has 0 aliphatic carbocycles. The zero-order valence-corrected chi connectivity index (χ0v) is 9.04. The molecule has 3 nitrogen and oxygen atoms in total. The van der Waals surface area contributed by atoms with Crippen molar-refractivity contribution in [1.29, 1.82) is 0 Å². The van der Waals surface area contributed by atoms with Crippen LogP contribution >= 0.6 is 0 Å². The summed E-state index contributed by atoms with van der Waals surface area (Å²) in [7, 11) is 1.69. The number of rotatable bonds is 9. The van der Waals surface area contributed by atoms with Gasteiger partial charge in [-0.05, 0) is 12.8 Å². The lowest BCUT2D eigenvalue weighted by molar-refractivity contribution is -0.151. The number of ether oxygens (including phenoxy) is 3. The zero-order chi connectivity index (χ0) is 9.94. The Morgan fingerprint density at radius 3 is 1.85 bits per heavy atom. The average molecular weight is 190 g/mol. The summed E-state index contributed by atoms with van der Waals surface area (Å²) in [6.07, 6.45) is 2.79. The van der Waals surface area contributed by atoms with Crippen LogP contribution in [0.1, 0.15) is 33.1 Å². The molecule has 0 unspecified atom stereocenters. The first-order chi connectivity index (χ1) is 6.35. The third-order valence-corrected chi connectivity index (χ3v) is 1.57. The first-order valence-electron chi connectivity index (χ1n) is 5.07. The largest absolute Gasteiger partial charge is 0.384 e. The molecule has 0 bridgehead atoms. The van der Waals surface area contributed by atoms with E-state index in [0.29, 0.717) is 6.61 Å². The molecular weight excluding hydrogens is 168 g/mol. The van der Waals surface area contributed by atoms with E-state index in [2.05, 4.69) is 13.8 Å². The molecule has 0 radical (unpaired) electrons. The lowest BCUT2D eigenvalue weighted by Gasteiger charge is -2.17. The van der Waals surface area contributed by atoms with Crippen molar-refractivity contribution in [3.05, 3.63) is 0 Å². The predicted octanol–water partition coefficient (Wildman–Crippen LogP) is 2.20. The van der Waals surface area contributed by atoms with Crippen LogP contribution in [-0.4, -0.2) is 33.2 Å². The van der Waals surface area contributed by atoms with Crippen LogP contribution in [0.5, 0.6) is 0 Å². The predicted molar refractivity (Wildman–Crippen MR) is 52.8 cm³/mol. The minimum Gasteiger partial charge on any atom is -0.384 e. The van der Waals surface area contributed by atoms with E-state index in [-0.39, 0.29) is 6.29 Å². The molecule has 0 N–H and O–H groups in total. The third-order valence-electron chi connectivity index (χ3n) is 1.57. The fourth-order valence-corrected chi connectivity index (χ4v) is 0.927. The normalized spacial score (nSPS) is 11.1. The Balaban J connectivity index is 3.47. The summed E-state index contributed by atoms with van der Waals surface area (Å²) < 4.78 is 16.0. The van der Waals surface area contributed by atoms with E-state index in [0.717, 1.165) is 32.5 Å². The smallest absolute Gasteiger partial charge is 0.159 e. The van der Waals surface area contributed by atoms with Crippen molar-refractivity contribution in [2.24, 2.45) is 0 Å². The average Bonchev–Trinajstić information content (AvgIpc) is 2.17. The second kappa shape index (κ2) is 9.96. The minimum atomic E-state index is -0.0835. The van der Waals surface area contributed by atoms with E-state index in [1.165, 1.54) is 0 Å². The molecule has 0 spiro atoms. The molecule has 0 heterocycles. The van der Waals surface area contributed by atoms with Crippen molar-refractivity contribution >= 4 is 0 Å². The molecular formula is C10H22O3. The maximum absolute atomic E-state index is 5.49. The van der Waals surface area contributed by atoms with Crippen LogP contribution in [0.2, 0.25) is 0 Å². The Kier molecular flexibility index (Phi) is 9.87. The first kappa shape index (κ1) is 12.9. The van der Waals surface area contributed by atoms with Crippen molar-refractivity contribution in [3.8, 4) is 0 Å². The van der Waals surface area contributed by atoms with Crippen LogP contribution in [0.4, 0.5) is 0 Å². The van der Waals surface area contributed by atoms with Crippen molar-refractivity contribution < 1.29 is 14.2 Å². The molecule has 80 valence electrons.